The van der Waals surface area contributed by atoms with Crippen LogP contribution in [0, 0.1) is 0 Å². The highest BCUT2D eigenvalue weighted by molar-refractivity contribution is 6.13. The summed E-state index contributed by atoms with van der Waals surface area (Å²) >= 11 is 0. The van der Waals surface area contributed by atoms with Gasteiger partial charge >= 0.3 is 0 Å². The van der Waals surface area contributed by atoms with Gasteiger partial charge in [-0.1, -0.05) is 43.3 Å². The second-order valence-electron chi connectivity index (χ2n) is 6.77. The molecule has 0 spiro atoms. The van der Waals surface area contributed by atoms with Crippen LogP contribution in [-0.4, -0.2) is 18.0 Å². The molecule has 0 aliphatic rings. The van der Waals surface area contributed by atoms with Crippen molar-refractivity contribution in [2.45, 2.75) is 13.3 Å². The maximum absolute atomic E-state index is 13.2. The number of methoxy groups -OCH3 is 1. The summed E-state index contributed by atoms with van der Waals surface area (Å²) in [7, 11) is 1.64. The van der Waals surface area contributed by atoms with Gasteiger partial charge in [-0.15, -0.1) is 0 Å². The van der Waals surface area contributed by atoms with Crippen molar-refractivity contribution in [2.75, 3.05) is 12.4 Å². The Bertz CT molecular complexity index is 1170. The predicted molar refractivity (Wildman–Crippen MR) is 118 cm³/mol. The topological polar surface area (TPSA) is 51.2 Å². The van der Waals surface area contributed by atoms with Crippen LogP contribution >= 0.6 is 0 Å². The molecule has 1 N–H and O–H groups in total. The molecule has 0 aliphatic heterocycles. The Labute approximate surface area is 170 Å². The Morgan fingerprint density at radius 3 is 2.45 bits per heavy atom. The van der Waals surface area contributed by atoms with Crippen molar-refractivity contribution in [3.05, 3.63) is 90.0 Å². The van der Waals surface area contributed by atoms with Gasteiger partial charge in [-0.25, -0.2) is 4.98 Å². The van der Waals surface area contributed by atoms with Crippen LogP contribution in [-0.2, 0) is 6.42 Å². The van der Waals surface area contributed by atoms with Crippen molar-refractivity contribution in [2.24, 2.45) is 0 Å². The Hall–Kier alpha value is -3.66. The molecule has 0 unspecified atom stereocenters. The fraction of sp³-hybridized carbons (Fsp3) is 0.120. The molecule has 0 atom stereocenters. The van der Waals surface area contributed by atoms with E-state index in [0.717, 1.165) is 45.6 Å². The van der Waals surface area contributed by atoms with Crippen LogP contribution in [0.2, 0.25) is 0 Å². The largest absolute Gasteiger partial charge is 0.497 e. The van der Waals surface area contributed by atoms with Crippen molar-refractivity contribution in [1.82, 2.24) is 4.98 Å². The minimum atomic E-state index is -0.140. The van der Waals surface area contributed by atoms with E-state index in [1.54, 1.807) is 7.11 Å². The zero-order valence-corrected chi connectivity index (χ0v) is 16.5. The number of rotatable bonds is 5. The van der Waals surface area contributed by atoms with Gasteiger partial charge in [0.05, 0.1) is 23.9 Å². The molecule has 1 amide bonds. The lowest BCUT2D eigenvalue weighted by Crippen LogP contribution is -2.14. The zero-order chi connectivity index (χ0) is 20.2. The Morgan fingerprint density at radius 1 is 0.966 bits per heavy atom. The summed E-state index contributed by atoms with van der Waals surface area (Å²) in [6.07, 6.45) is 0.852. The molecular weight excluding hydrogens is 360 g/mol. The normalized spacial score (nSPS) is 10.7. The van der Waals surface area contributed by atoms with E-state index in [-0.39, 0.29) is 5.91 Å². The van der Waals surface area contributed by atoms with Crippen LogP contribution < -0.4 is 10.1 Å². The first kappa shape index (κ1) is 18.7. The highest BCUT2D eigenvalue weighted by Gasteiger charge is 2.15. The number of nitrogens with zero attached hydrogens (tertiary/aromatic N) is 1. The number of hydrogen-bond donors (Lipinski definition) is 1. The summed E-state index contributed by atoms with van der Waals surface area (Å²) in [6, 6.07) is 25.1. The molecule has 1 heterocycles. The van der Waals surface area contributed by atoms with Gasteiger partial charge in [0.15, 0.2) is 0 Å². The maximum Gasteiger partial charge on any atom is 0.256 e. The van der Waals surface area contributed by atoms with E-state index in [1.807, 2.05) is 78.9 Å². The van der Waals surface area contributed by atoms with Crippen LogP contribution in [0.5, 0.6) is 5.75 Å². The van der Waals surface area contributed by atoms with Crippen LogP contribution in [0.3, 0.4) is 0 Å². The third-order valence-corrected chi connectivity index (χ3v) is 4.99. The summed E-state index contributed by atoms with van der Waals surface area (Å²) < 4.78 is 5.24. The minimum Gasteiger partial charge on any atom is -0.497 e. The molecule has 1 aromatic heterocycles. The number of amides is 1. The number of anilines is 1. The van der Waals surface area contributed by atoms with E-state index in [2.05, 4.69) is 12.2 Å². The Balaban J connectivity index is 1.79. The average Bonchev–Trinajstić information content (AvgIpc) is 2.78. The van der Waals surface area contributed by atoms with E-state index in [4.69, 9.17) is 9.72 Å². The van der Waals surface area contributed by atoms with Crippen LogP contribution in [0.1, 0.15) is 22.8 Å². The molecule has 0 aliphatic carbocycles. The molecule has 4 rings (SSSR count). The minimum absolute atomic E-state index is 0.140. The lowest BCUT2D eigenvalue weighted by molar-refractivity contribution is 0.102. The van der Waals surface area contributed by atoms with E-state index in [0.29, 0.717) is 5.56 Å². The SMILES string of the molecule is CCc1ccccc1NC(=O)c1cc(-c2ccc(OC)cc2)nc2ccccc12. The summed E-state index contributed by atoms with van der Waals surface area (Å²) in [6.45, 7) is 2.08. The van der Waals surface area contributed by atoms with Gasteiger partial charge in [0.25, 0.3) is 5.91 Å². The molecule has 0 fully saturated rings. The second kappa shape index (κ2) is 8.15. The molecule has 0 saturated carbocycles. The smallest absolute Gasteiger partial charge is 0.256 e. The molecule has 0 radical (unpaired) electrons. The molecule has 4 heteroatoms. The van der Waals surface area contributed by atoms with Crippen molar-refractivity contribution in [3.8, 4) is 17.0 Å². The molecule has 0 bridgehead atoms. The molecule has 3 aromatic carbocycles. The van der Waals surface area contributed by atoms with Crippen molar-refractivity contribution in [3.63, 3.8) is 0 Å². The van der Waals surface area contributed by atoms with E-state index in [9.17, 15) is 4.79 Å². The molecular formula is C25H22N2O2. The average molecular weight is 382 g/mol. The van der Waals surface area contributed by atoms with Gasteiger partial charge in [0.2, 0.25) is 0 Å². The fourth-order valence-corrected chi connectivity index (χ4v) is 3.41. The first-order chi connectivity index (χ1) is 14.2. The predicted octanol–water partition coefficient (Wildman–Crippen LogP) is 5.73. The Kier molecular flexibility index (Phi) is 5.25. The van der Waals surface area contributed by atoms with Crippen LogP contribution in [0.4, 0.5) is 5.69 Å². The quantitative estimate of drug-likeness (QED) is 0.480. The van der Waals surface area contributed by atoms with Gasteiger partial charge in [0, 0.05) is 16.6 Å². The van der Waals surface area contributed by atoms with Gasteiger partial charge in [-0.2, -0.15) is 0 Å². The monoisotopic (exact) mass is 382 g/mol. The lowest BCUT2D eigenvalue weighted by Gasteiger charge is -2.13. The highest BCUT2D eigenvalue weighted by Crippen LogP contribution is 2.27. The van der Waals surface area contributed by atoms with Crippen molar-refractivity contribution >= 4 is 22.5 Å². The molecule has 0 saturated heterocycles. The third-order valence-electron chi connectivity index (χ3n) is 4.99. The number of nitrogens with one attached hydrogen (secondary N) is 1. The highest BCUT2D eigenvalue weighted by atomic mass is 16.5. The lowest BCUT2D eigenvalue weighted by atomic mass is 10.0. The second-order valence-corrected chi connectivity index (χ2v) is 6.77. The molecule has 4 nitrogen and oxygen atoms in total. The van der Waals surface area contributed by atoms with Crippen molar-refractivity contribution < 1.29 is 9.53 Å². The summed E-state index contributed by atoms with van der Waals surface area (Å²) in [5, 5.41) is 3.91. The standard InChI is InChI=1S/C25H22N2O2/c1-3-17-8-4-6-10-22(17)27-25(28)21-16-24(18-12-14-19(29-2)15-13-18)26-23-11-7-5-9-20(21)23/h4-16H,3H2,1-2H3,(H,27,28). The van der Waals surface area contributed by atoms with Crippen LogP contribution in [0.25, 0.3) is 22.2 Å². The fourth-order valence-electron chi connectivity index (χ4n) is 3.41. The molecule has 4 aromatic rings. The molecule has 29 heavy (non-hydrogen) atoms. The third kappa shape index (κ3) is 3.83. The number of hydrogen-bond acceptors (Lipinski definition) is 3. The van der Waals surface area contributed by atoms with Gasteiger partial charge in [-0.3, -0.25) is 4.79 Å². The summed E-state index contributed by atoms with van der Waals surface area (Å²) in [5.74, 6) is 0.642. The number of carbonyl (C=O) groups excluding carboxylic acids is 1. The van der Waals surface area contributed by atoms with Gasteiger partial charge < -0.3 is 10.1 Å². The van der Waals surface area contributed by atoms with E-state index >= 15 is 0 Å². The first-order valence-corrected chi connectivity index (χ1v) is 9.63. The summed E-state index contributed by atoms with van der Waals surface area (Å²) in [5.41, 5.74) is 5.02. The number of ether oxygens (including phenoxy) is 1. The maximum atomic E-state index is 13.2. The number of aryl methyl sites for hydroxylation is 1. The number of pyridine rings is 1. The summed E-state index contributed by atoms with van der Waals surface area (Å²) in [4.78, 5) is 18.0. The van der Waals surface area contributed by atoms with Gasteiger partial charge in [0.1, 0.15) is 5.75 Å². The number of benzene rings is 3. The van der Waals surface area contributed by atoms with E-state index in [1.165, 1.54) is 0 Å². The van der Waals surface area contributed by atoms with Crippen LogP contribution in [0.15, 0.2) is 78.9 Å². The van der Waals surface area contributed by atoms with Gasteiger partial charge in [-0.05, 0) is 54.4 Å². The van der Waals surface area contributed by atoms with E-state index < -0.39 is 0 Å². The number of para-hydroxylation sites is 2. The van der Waals surface area contributed by atoms with Crippen molar-refractivity contribution in [1.29, 1.82) is 0 Å². The first-order valence-electron chi connectivity index (χ1n) is 9.63. The zero-order valence-electron chi connectivity index (χ0n) is 16.5. The number of aromatic nitrogens is 1. The Morgan fingerprint density at radius 2 is 1.69 bits per heavy atom. The number of carbonyl (C=O) groups is 1. The number of fused-ring (bicyclic) bond motifs is 1. The molecule has 144 valence electrons.